The van der Waals surface area contributed by atoms with Gasteiger partial charge in [0.25, 0.3) is 0 Å². The van der Waals surface area contributed by atoms with Crippen LogP contribution in [0.3, 0.4) is 0 Å². The maximum absolute atomic E-state index is 11.8. The molecule has 2 N–H and O–H groups in total. The van der Waals surface area contributed by atoms with Gasteiger partial charge in [0, 0.05) is 18.8 Å². The molecule has 0 aliphatic heterocycles. The molecule has 0 spiro atoms. The first-order valence-electron chi connectivity index (χ1n) is 5.84. The molecule has 0 radical (unpaired) electrons. The first kappa shape index (κ1) is 14.2. The highest BCUT2D eigenvalue weighted by Gasteiger charge is 2.10. The zero-order valence-corrected chi connectivity index (χ0v) is 10.6. The van der Waals surface area contributed by atoms with Gasteiger partial charge in [0.15, 0.2) is 0 Å². The number of aliphatic hydroxyl groups excluding tert-OH is 1. The summed E-state index contributed by atoms with van der Waals surface area (Å²) in [5, 5.41) is 11.6. The van der Waals surface area contributed by atoms with E-state index in [1.54, 1.807) is 6.08 Å². The van der Waals surface area contributed by atoms with Gasteiger partial charge in [-0.1, -0.05) is 12.1 Å². The Bertz CT molecular complexity index is 407. The maximum Gasteiger partial charge on any atom is 0.318 e. The summed E-state index contributed by atoms with van der Waals surface area (Å²) in [6.07, 6.45) is 1.63. The molecule has 0 bridgehead atoms. The van der Waals surface area contributed by atoms with Gasteiger partial charge in [0.05, 0.1) is 18.8 Å². The first-order valence-corrected chi connectivity index (χ1v) is 5.84. The Morgan fingerprint density at radius 3 is 3.00 bits per heavy atom. The van der Waals surface area contributed by atoms with Crippen LogP contribution >= 0.6 is 0 Å². The summed E-state index contributed by atoms with van der Waals surface area (Å²) in [6.45, 7) is 6.49. The minimum atomic E-state index is -0.229. The molecule has 5 heteroatoms. The summed E-state index contributed by atoms with van der Waals surface area (Å²) in [5.74, 6) is 0. The van der Waals surface area contributed by atoms with Crippen LogP contribution in [-0.4, -0.2) is 40.7 Å². The third-order valence-electron chi connectivity index (χ3n) is 2.37. The molecular formula is C13H19N3O2. The summed E-state index contributed by atoms with van der Waals surface area (Å²) in [6, 6.07) is 5.43. The quantitative estimate of drug-likeness (QED) is 0.741. The fraction of sp³-hybridized carbons (Fsp3) is 0.385. The lowest BCUT2D eigenvalue weighted by molar-refractivity contribution is 0.183. The standard InChI is InChI=1S/C13H19N3O2/c1-3-7-16(8-9-17)13(18)14-10-12-6-4-5-11(2)15-12/h3-6,17H,1,7-10H2,2H3,(H,14,18). The topological polar surface area (TPSA) is 65.5 Å². The number of amides is 2. The first-order chi connectivity index (χ1) is 8.67. The SMILES string of the molecule is C=CCN(CCO)C(=O)NCc1cccc(C)n1. The number of nitrogens with one attached hydrogen (secondary N) is 1. The van der Waals surface area contributed by atoms with E-state index in [4.69, 9.17) is 5.11 Å². The van der Waals surface area contributed by atoms with E-state index in [1.807, 2.05) is 25.1 Å². The van der Waals surface area contributed by atoms with Crippen LogP contribution in [-0.2, 0) is 6.54 Å². The number of nitrogens with zero attached hydrogens (tertiary/aromatic N) is 2. The lowest BCUT2D eigenvalue weighted by atomic mass is 10.3. The predicted molar refractivity (Wildman–Crippen MR) is 70.1 cm³/mol. The number of hydrogen-bond donors (Lipinski definition) is 2. The van der Waals surface area contributed by atoms with E-state index in [2.05, 4.69) is 16.9 Å². The molecule has 0 saturated heterocycles. The Hall–Kier alpha value is -1.88. The Labute approximate surface area is 107 Å². The van der Waals surface area contributed by atoms with Crippen LogP contribution in [0.1, 0.15) is 11.4 Å². The van der Waals surface area contributed by atoms with E-state index in [1.165, 1.54) is 4.90 Å². The summed E-state index contributed by atoms with van der Waals surface area (Å²) < 4.78 is 0. The molecule has 1 rings (SSSR count). The van der Waals surface area contributed by atoms with Gasteiger partial charge >= 0.3 is 6.03 Å². The van der Waals surface area contributed by atoms with E-state index in [0.717, 1.165) is 11.4 Å². The largest absolute Gasteiger partial charge is 0.395 e. The maximum atomic E-state index is 11.8. The molecule has 1 heterocycles. The molecule has 0 unspecified atom stereocenters. The van der Waals surface area contributed by atoms with Crippen LogP contribution in [0.25, 0.3) is 0 Å². The second kappa shape index (κ2) is 7.45. The zero-order chi connectivity index (χ0) is 13.4. The minimum Gasteiger partial charge on any atom is -0.395 e. The van der Waals surface area contributed by atoms with Crippen LogP contribution in [0.15, 0.2) is 30.9 Å². The third-order valence-corrected chi connectivity index (χ3v) is 2.37. The fourth-order valence-corrected chi connectivity index (χ4v) is 1.53. The van der Waals surface area contributed by atoms with Gasteiger partial charge in [-0.25, -0.2) is 4.79 Å². The highest BCUT2D eigenvalue weighted by atomic mass is 16.3. The van der Waals surface area contributed by atoms with Crippen molar-refractivity contribution in [1.82, 2.24) is 15.2 Å². The monoisotopic (exact) mass is 249 g/mol. The van der Waals surface area contributed by atoms with Gasteiger partial charge in [-0.05, 0) is 19.1 Å². The molecule has 0 aliphatic carbocycles. The predicted octanol–water partition coefficient (Wildman–Crippen LogP) is 1.08. The number of carbonyl (C=O) groups excluding carboxylic acids is 1. The van der Waals surface area contributed by atoms with Crippen molar-refractivity contribution in [2.24, 2.45) is 0 Å². The molecular weight excluding hydrogens is 230 g/mol. The third kappa shape index (κ3) is 4.55. The molecule has 2 amide bonds. The van der Waals surface area contributed by atoms with Gasteiger partial charge in [0.2, 0.25) is 0 Å². The summed E-state index contributed by atoms with van der Waals surface area (Å²) in [7, 11) is 0. The number of aliphatic hydroxyl groups is 1. The van der Waals surface area contributed by atoms with Crippen molar-refractivity contribution in [3.05, 3.63) is 42.2 Å². The van der Waals surface area contributed by atoms with Crippen LogP contribution in [0.5, 0.6) is 0 Å². The molecule has 5 nitrogen and oxygen atoms in total. The average molecular weight is 249 g/mol. The molecule has 0 saturated carbocycles. The number of pyridine rings is 1. The number of aryl methyl sites for hydroxylation is 1. The van der Waals surface area contributed by atoms with Crippen molar-refractivity contribution in [2.75, 3.05) is 19.7 Å². The molecule has 0 aliphatic rings. The normalized spacial score (nSPS) is 9.89. The average Bonchev–Trinajstić information content (AvgIpc) is 2.36. The zero-order valence-electron chi connectivity index (χ0n) is 10.6. The van der Waals surface area contributed by atoms with Crippen LogP contribution in [0, 0.1) is 6.92 Å². The highest BCUT2D eigenvalue weighted by Crippen LogP contribution is 1.98. The van der Waals surface area contributed by atoms with E-state index >= 15 is 0 Å². The van der Waals surface area contributed by atoms with Crippen LogP contribution in [0.2, 0.25) is 0 Å². The summed E-state index contributed by atoms with van der Waals surface area (Å²) in [5.41, 5.74) is 1.73. The molecule has 0 atom stereocenters. The van der Waals surface area contributed by atoms with Crippen molar-refractivity contribution >= 4 is 6.03 Å². The lowest BCUT2D eigenvalue weighted by Gasteiger charge is -2.20. The van der Waals surface area contributed by atoms with E-state index in [0.29, 0.717) is 19.6 Å². The molecule has 0 aromatic carbocycles. The molecule has 1 aromatic rings. The molecule has 18 heavy (non-hydrogen) atoms. The van der Waals surface area contributed by atoms with Crippen molar-refractivity contribution in [3.8, 4) is 0 Å². The van der Waals surface area contributed by atoms with Gasteiger partial charge in [-0.15, -0.1) is 6.58 Å². The van der Waals surface area contributed by atoms with Crippen LogP contribution < -0.4 is 5.32 Å². The summed E-state index contributed by atoms with van der Waals surface area (Å²) in [4.78, 5) is 17.6. The van der Waals surface area contributed by atoms with Crippen molar-refractivity contribution in [1.29, 1.82) is 0 Å². The Morgan fingerprint density at radius 2 is 2.39 bits per heavy atom. The smallest absolute Gasteiger partial charge is 0.318 e. The number of carbonyl (C=O) groups is 1. The van der Waals surface area contributed by atoms with Gasteiger partial charge in [-0.3, -0.25) is 4.98 Å². The second-order valence-corrected chi connectivity index (χ2v) is 3.89. The van der Waals surface area contributed by atoms with Crippen molar-refractivity contribution in [2.45, 2.75) is 13.5 Å². The Kier molecular flexibility index (Phi) is 5.87. The Balaban J connectivity index is 2.50. The van der Waals surface area contributed by atoms with Crippen molar-refractivity contribution in [3.63, 3.8) is 0 Å². The molecule has 98 valence electrons. The van der Waals surface area contributed by atoms with E-state index < -0.39 is 0 Å². The minimum absolute atomic E-state index is 0.0655. The van der Waals surface area contributed by atoms with Gasteiger partial charge in [-0.2, -0.15) is 0 Å². The van der Waals surface area contributed by atoms with Gasteiger partial charge < -0.3 is 15.3 Å². The summed E-state index contributed by atoms with van der Waals surface area (Å²) >= 11 is 0. The second-order valence-electron chi connectivity index (χ2n) is 3.89. The highest BCUT2D eigenvalue weighted by molar-refractivity contribution is 5.74. The number of aromatic nitrogens is 1. The van der Waals surface area contributed by atoms with Crippen molar-refractivity contribution < 1.29 is 9.90 Å². The number of rotatable bonds is 6. The van der Waals surface area contributed by atoms with E-state index in [-0.39, 0.29) is 12.6 Å². The number of urea groups is 1. The molecule has 1 aromatic heterocycles. The van der Waals surface area contributed by atoms with E-state index in [9.17, 15) is 4.79 Å². The van der Waals surface area contributed by atoms with Gasteiger partial charge in [0.1, 0.15) is 0 Å². The fourth-order valence-electron chi connectivity index (χ4n) is 1.53. The van der Waals surface area contributed by atoms with Crippen LogP contribution in [0.4, 0.5) is 4.79 Å². The number of hydrogen-bond acceptors (Lipinski definition) is 3. The molecule has 0 fully saturated rings. The Morgan fingerprint density at radius 1 is 1.61 bits per heavy atom. The lowest BCUT2D eigenvalue weighted by Crippen LogP contribution is -2.41.